The highest BCUT2D eigenvalue weighted by Gasteiger charge is 2.76. The maximum atomic E-state index is 14.4. The molecule has 1 saturated carbocycles. The van der Waals surface area contributed by atoms with Gasteiger partial charge < -0.3 is 14.3 Å². The molecule has 6 atom stereocenters. The van der Waals surface area contributed by atoms with Crippen molar-refractivity contribution in [3.05, 3.63) is 83.9 Å². The van der Waals surface area contributed by atoms with Crippen molar-refractivity contribution < 1.29 is 33.4 Å². The molecule has 3 heterocycles. The number of para-hydroxylation sites is 2. The Morgan fingerprint density at radius 3 is 2.44 bits per heavy atom. The number of ether oxygens (including phenoxy) is 1. The fourth-order valence-electron chi connectivity index (χ4n) is 8.07. The zero-order chi connectivity index (χ0) is 33.7. The summed E-state index contributed by atoms with van der Waals surface area (Å²) in [4.78, 5) is 58.9. The van der Waals surface area contributed by atoms with Gasteiger partial charge in [0.05, 0.1) is 30.1 Å². The van der Waals surface area contributed by atoms with E-state index in [9.17, 15) is 24.3 Å². The highest BCUT2D eigenvalue weighted by atomic mass is 79.9. The molecular weight excluding hydrogens is 725 g/mol. The number of alkyl halides is 3. The third kappa shape index (κ3) is 4.01. The van der Waals surface area contributed by atoms with Crippen LogP contribution in [0.2, 0.25) is 0 Å². The number of carbonyl (C=O) groups is 4. The number of hydrogen-bond acceptors (Lipinski definition) is 8. The summed E-state index contributed by atoms with van der Waals surface area (Å²) in [5.74, 6) is -5.40. The van der Waals surface area contributed by atoms with E-state index < -0.39 is 51.1 Å². The number of likely N-dealkylation sites (tertiary alicyclic amines) is 1. The number of anilines is 1. The molecule has 3 fully saturated rings. The molecule has 1 N–H and O–H groups in total. The fraction of sp³-hybridized carbons (Fsp3) is 0.286. The molecule has 13 heteroatoms. The highest BCUT2D eigenvalue weighted by molar-refractivity contribution is 9.09. The molecule has 2 aliphatic carbocycles. The molecule has 4 aliphatic rings. The quantitative estimate of drug-likeness (QED) is 0.112. The number of oxazole rings is 1. The lowest BCUT2D eigenvalue weighted by Crippen LogP contribution is -2.60. The predicted molar refractivity (Wildman–Crippen MR) is 180 cm³/mol. The average molecular weight is 751 g/mol. The van der Waals surface area contributed by atoms with Gasteiger partial charge in [0.2, 0.25) is 17.7 Å². The van der Waals surface area contributed by atoms with E-state index in [1.165, 1.54) is 18.1 Å². The van der Waals surface area contributed by atoms with Gasteiger partial charge in [-0.2, -0.15) is 0 Å². The predicted octanol–water partition coefficient (Wildman–Crippen LogP) is 6.12. The van der Waals surface area contributed by atoms with Crippen molar-refractivity contribution in [1.82, 2.24) is 9.88 Å². The minimum Gasteiger partial charge on any atom is -0.508 e. The zero-order valence-electron chi connectivity index (χ0n) is 25.2. The first-order chi connectivity index (χ1) is 23.0. The van der Waals surface area contributed by atoms with Crippen LogP contribution >= 0.6 is 39.1 Å². The number of fused-ring (bicyclic) bond motifs is 5. The van der Waals surface area contributed by atoms with Crippen LogP contribution in [0.4, 0.5) is 5.69 Å². The van der Waals surface area contributed by atoms with Crippen LogP contribution in [-0.2, 0) is 19.2 Å². The molecule has 2 aliphatic heterocycles. The van der Waals surface area contributed by atoms with E-state index in [-0.39, 0.29) is 41.3 Å². The normalized spacial score (nSPS) is 29.6. The Balaban J connectivity index is 1.20. The first-order valence-corrected chi connectivity index (χ1v) is 17.1. The molecule has 48 heavy (non-hydrogen) atoms. The number of halogens is 3. The van der Waals surface area contributed by atoms with E-state index in [4.69, 9.17) is 32.4 Å². The van der Waals surface area contributed by atoms with Crippen molar-refractivity contribution in [3.63, 3.8) is 0 Å². The van der Waals surface area contributed by atoms with Gasteiger partial charge in [-0.25, -0.2) is 4.98 Å². The molecule has 1 aromatic heterocycles. The topological polar surface area (TPSA) is 130 Å². The Morgan fingerprint density at radius 2 is 1.73 bits per heavy atom. The number of hydrogen-bond donors (Lipinski definition) is 1. The summed E-state index contributed by atoms with van der Waals surface area (Å²) in [5, 5.41) is 11.2. The summed E-state index contributed by atoms with van der Waals surface area (Å²) < 4.78 is 11.5. The number of aromatic nitrogens is 1. The van der Waals surface area contributed by atoms with Gasteiger partial charge >= 0.3 is 0 Å². The van der Waals surface area contributed by atoms with Gasteiger partial charge in [0.1, 0.15) is 17.0 Å². The molecule has 8 rings (SSSR count). The molecule has 10 nitrogen and oxygen atoms in total. The lowest BCUT2D eigenvalue weighted by Gasteiger charge is -2.50. The number of rotatable bonds is 5. The third-order valence-corrected chi connectivity index (χ3v) is 12.1. The Kier molecular flexibility index (Phi) is 7.07. The Bertz CT molecular complexity index is 2070. The zero-order valence-corrected chi connectivity index (χ0v) is 28.3. The van der Waals surface area contributed by atoms with Crippen LogP contribution in [0.1, 0.15) is 24.3 Å². The Hall–Kier alpha value is -4.19. The Labute approximate surface area is 292 Å². The number of carbonyl (C=O) groups excluding carboxylic acids is 4. The summed E-state index contributed by atoms with van der Waals surface area (Å²) in [6, 6.07) is 18.8. The minimum atomic E-state index is -2.06. The number of methoxy groups -OCH3 is 1. The van der Waals surface area contributed by atoms with Gasteiger partial charge in [-0.15, -0.1) is 23.2 Å². The summed E-state index contributed by atoms with van der Waals surface area (Å²) in [6.07, 6.45) is 1.81. The number of phenols is 1. The van der Waals surface area contributed by atoms with Crippen molar-refractivity contribution in [2.45, 2.75) is 28.5 Å². The van der Waals surface area contributed by atoms with Crippen molar-refractivity contribution in [2.75, 3.05) is 17.5 Å². The SMILES string of the molecule is COc1cccc(O)c1[C@H]1C2=CC[C@@H]3C(=O)N(c4ccc(-c5nc6ccccc6o5)cc4)C(=O)[C@@H]3[C@@H]2C[C@@]2(Cl)C(=O)N(CBr)C(=O)[C@@]12Cl. The Morgan fingerprint density at radius 1 is 0.979 bits per heavy atom. The van der Waals surface area contributed by atoms with Gasteiger partial charge in [0.15, 0.2) is 15.3 Å². The lowest BCUT2D eigenvalue weighted by molar-refractivity contribution is -0.138. The monoisotopic (exact) mass is 749 g/mol. The van der Waals surface area contributed by atoms with Crippen LogP contribution in [0.5, 0.6) is 11.5 Å². The van der Waals surface area contributed by atoms with Crippen LogP contribution in [0.25, 0.3) is 22.6 Å². The van der Waals surface area contributed by atoms with Crippen LogP contribution < -0.4 is 9.64 Å². The van der Waals surface area contributed by atoms with Crippen LogP contribution in [0, 0.1) is 17.8 Å². The lowest BCUT2D eigenvalue weighted by atomic mass is 9.56. The second-order valence-corrected chi connectivity index (χ2v) is 14.2. The molecule has 0 radical (unpaired) electrons. The van der Waals surface area contributed by atoms with Crippen LogP contribution in [-0.4, -0.2) is 60.9 Å². The molecule has 4 aromatic rings. The number of nitrogens with zero attached hydrogens (tertiary/aromatic N) is 3. The first-order valence-electron chi connectivity index (χ1n) is 15.2. The molecule has 0 spiro atoms. The van der Waals surface area contributed by atoms with Crippen LogP contribution in [0.3, 0.4) is 0 Å². The molecular formula is C35H26BrCl2N3O7. The molecule has 2 saturated heterocycles. The van der Waals surface area contributed by atoms with Crippen molar-refractivity contribution >= 4 is 79.5 Å². The van der Waals surface area contributed by atoms with Gasteiger partial charge in [-0.3, -0.25) is 29.0 Å². The van der Waals surface area contributed by atoms with E-state index in [1.54, 1.807) is 36.4 Å². The molecule has 3 aromatic carbocycles. The van der Waals surface area contributed by atoms with E-state index in [2.05, 4.69) is 20.9 Å². The number of phenolic OH excluding ortho intramolecular Hbond substituents is 1. The fourth-order valence-corrected chi connectivity index (χ4v) is 9.48. The number of allylic oxidation sites excluding steroid dienone is 2. The van der Waals surface area contributed by atoms with Gasteiger partial charge in [0, 0.05) is 17.0 Å². The standard InChI is InChI=1S/C35H26BrCl2N3O7/c1-47-25-8-4-6-23(42)27(25)28-19-13-14-20-26(21(19)15-34(37)32(45)40(16-36)33(46)35(28,34)38)31(44)41(30(20)43)18-11-9-17(10-12-18)29-39-22-5-2-3-7-24(22)48-29/h2-13,20-21,26,28,42H,14-16H2,1H3/t20-,21+,26-,28+,34+,35-/m0/s1. The van der Waals surface area contributed by atoms with Gasteiger partial charge in [-0.05, 0) is 67.3 Å². The minimum absolute atomic E-state index is 0.154. The van der Waals surface area contributed by atoms with Gasteiger partial charge in [-0.1, -0.05) is 45.8 Å². The average Bonchev–Trinajstić information content (AvgIpc) is 3.68. The molecule has 0 bridgehead atoms. The van der Waals surface area contributed by atoms with E-state index in [0.29, 0.717) is 33.8 Å². The van der Waals surface area contributed by atoms with Crippen molar-refractivity contribution in [2.24, 2.45) is 17.8 Å². The number of imide groups is 2. The molecule has 244 valence electrons. The smallest absolute Gasteiger partial charge is 0.254 e. The van der Waals surface area contributed by atoms with Gasteiger partial charge in [0.25, 0.3) is 11.8 Å². The summed E-state index contributed by atoms with van der Waals surface area (Å²) in [5.41, 5.74) is 2.97. The molecule has 4 amide bonds. The highest BCUT2D eigenvalue weighted by Crippen LogP contribution is 2.67. The maximum Gasteiger partial charge on any atom is 0.254 e. The van der Waals surface area contributed by atoms with E-state index in [0.717, 1.165) is 4.90 Å². The number of aromatic hydroxyl groups is 1. The number of benzene rings is 3. The third-order valence-electron chi connectivity index (χ3n) is 10.2. The van der Waals surface area contributed by atoms with E-state index in [1.807, 2.05) is 30.3 Å². The maximum absolute atomic E-state index is 14.4. The summed E-state index contributed by atoms with van der Waals surface area (Å²) >= 11 is 17.8. The van der Waals surface area contributed by atoms with E-state index >= 15 is 0 Å². The number of amides is 4. The van der Waals surface area contributed by atoms with Crippen molar-refractivity contribution in [3.8, 4) is 23.0 Å². The largest absolute Gasteiger partial charge is 0.508 e. The second-order valence-electron chi connectivity index (χ2n) is 12.4. The second kappa shape index (κ2) is 10.9. The van der Waals surface area contributed by atoms with Crippen LogP contribution in [0.15, 0.2) is 82.8 Å². The summed E-state index contributed by atoms with van der Waals surface area (Å²) in [6.45, 7) is 0. The molecule has 0 unspecified atom stereocenters. The van der Waals surface area contributed by atoms with Crippen molar-refractivity contribution in [1.29, 1.82) is 0 Å². The first kappa shape index (κ1) is 31.1. The summed E-state index contributed by atoms with van der Waals surface area (Å²) in [7, 11) is 1.41.